The molecule has 0 fully saturated rings. The molecule has 2 N–H and O–H groups in total. The van der Waals surface area contributed by atoms with E-state index in [2.05, 4.69) is 49.7 Å². The van der Waals surface area contributed by atoms with Gasteiger partial charge in [0.25, 0.3) is 0 Å². The van der Waals surface area contributed by atoms with Crippen LogP contribution in [0, 0.1) is 33.5 Å². The van der Waals surface area contributed by atoms with Crippen molar-refractivity contribution in [2.45, 2.75) is 33.7 Å². The molecule has 0 saturated heterocycles. The lowest BCUT2D eigenvalue weighted by molar-refractivity contribution is 0.619. The number of hydrogen-bond donors (Lipinski definition) is 1. The SMILES string of the molecule is Cc1cc(C)c(C)c(C(N)c2ccc(F)c(Br)c2)c1C. The predicted molar refractivity (Wildman–Crippen MR) is 85.5 cm³/mol. The van der Waals surface area contributed by atoms with Crippen LogP contribution >= 0.6 is 15.9 Å². The molecule has 2 aromatic carbocycles. The summed E-state index contributed by atoms with van der Waals surface area (Å²) in [7, 11) is 0. The van der Waals surface area contributed by atoms with E-state index in [9.17, 15) is 4.39 Å². The van der Waals surface area contributed by atoms with E-state index in [1.165, 1.54) is 28.3 Å². The molecule has 1 unspecified atom stereocenters. The normalized spacial score (nSPS) is 12.6. The van der Waals surface area contributed by atoms with Crippen LogP contribution in [0.1, 0.15) is 39.4 Å². The molecule has 1 atom stereocenters. The standard InChI is InChI=1S/C17H19BrFN/c1-9-7-10(2)12(4)16(11(9)3)17(20)13-5-6-15(19)14(18)8-13/h5-8,17H,20H2,1-4H3. The zero-order chi connectivity index (χ0) is 15.0. The summed E-state index contributed by atoms with van der Waals surface area (Å²) in [5.74, 6) is -0.269. The van der Waals surface area contributed by atoms with Crippen LogP contribution in [0.3, 0.4) is 0 Å². The Morgan fingerprint density at radius 1 is 1.00 bits per heavy atom. The van der Waals surface area contributed by atoms with Gasteiger partial charge >= 0.3 is 0 Å². The molecule has 2 aromatic rings. The van der Waals surface area contributed by atoms with E-state index in [0.29, 0.717) is 4.47 Å². The molecule has 0 aliphatic heterocycles. The lowest BCUT2D eigenvalue weighted by Crippen LogP contribution is -2.16. The fourth-order valence-electron chi connectivity index (χ4n) is 2.59. The van der Waals surface area contributed by atoms with Gasteiger partial charge in [0.15, 0.2) is 0 Å². The van der Waals surface area contributed by atoms with Gasteiger partial charge in [-0.05, 0) is 89.1 Å². The van der Waals surface area contributed by atoms with Crippen molar-refractivity contribution in [1.82, 2.24) is 0 Å². The van der Waals surface area contributed by atoms with Gasteiger partial charge in [-0.25, -0.2) is 4.39 Å². The second-order valence-corrected chi connectivity index (χ2v) is 6.18. The molecule has 106 valence electrons. The first kappa shape index (κ1) is 15.2. The summed E-state index contributed by atoms with van der Waals surface area (Å²) in [6.45, 7) is 8.38. The summed E-state index contributed by atoms with van der Waals surface area (Å²) in [5, 5.41) is 0. The Bertz CT molecular complexity index is 638. The average Bonchev–Trinajstić information content (AvgIpc) is 2.40. The minimum Gasteiger partial charge on any atom is -0.320 e. The van der Waals surface area contributed by atoms with E-state index in [1.807, 2.05) is 0 Å². The molecule has 0 heterocycles. The Balaban J connectivity index is 2.58. The summed E-state index contributed by atoms with van der Waals surface area (Å²) < 4.78 is 13.8. The van der Waals surface area contributed by atoms with Gasteiger partial charge in [0.05, 0.1) is 10.5 Å². The summed E-state index contributed by atoms with van der Waals surface area (Å²) in [6, 6.07) is 6.90. The van der Waals surface area contributed by atoms with Gasteiger partial charge in [0.1, 0.15) is 5.82 Å². The molecule has 20 heavy (non-hydrogen) atoms. The Labute approximate surface area is 128 Å². The molecule has 0 saturated carbocycles. The molecule has 1 nitrogen and oxygen atoms in total. The third kappa shape index (κ3) is 2.65. The largest absolute Gasteiger partial charge is 0.320 e. The molecule has 0 aliphatic carbocycles. The van der Waals surface area contributed by atoms with E-state index in [4.69, 9.17) is 5.73 Å². The van der Waals surface area contributed by atoms with Gasteiger partial charge in [0.2, 0.25) is 0 Å². The second kappa shape index (κ2) is 5.66. The van der Waals surface area contributed by atoms with Crippen LogP contribution in [-0.4, -0.2) is 0 Å². The van der Waals surface area contributed by atoms with Crippen LogP contribution in [0.2, 0.25) is 0 Å². The van der Waals surface area contributed by atoms with Gasteiger partial charge in [-0.1, -0.05) is 12.1 Å². The Morgan fingerprint density at radius 3 is 2.05 bits per heavy atom. The third-order valence-electron chi connectivity index (χ3n) is 4.04. The predicted octanol–water partition coefficient (Wildman–Crippen LogP) is 4.87. The van der Waals surface area contributed by atoms with Crippen LogP contribution in [0.15, 0.2) is 28.7 Å². The molecule has 0 radical (unpaired) electrons. The molecular weight excluding hydrogens is 317 g/mol. The van der Waals surface area contributed by atoms with Crippen molar-refractivity contribution in [3.63, 3.8) is 0 Å². The zero-order valence-electron chi connectivity index (χ0n) is 12.2. The topological polar surface area (TPSA) is 26.0 Å². The molecular formula is C17H19BrFN. The van der Waals surface area contributed by atoms with Crippen LogP contribution in [0.5, 0.6) is 0 Å². The first-order valence-corrected chi connectivity index (χ1v) is 7.40. The number of halogens is 2. The van der Waals surface area contributed by atoms with E-state index < -0.39 is 0 Å². The van der Waals surface area contributed by atoms with Crippen molar-refractivity contribution in [3.8, 4) is 0 Å². The summed E-state index contributed by atoms with van der Waals surface area (Å²) in [6.07, 6.45) is 0. The number of hydrogen-bond acceptors (Lipinski definition) is 1. The first-order valence-electron chi connectivity index (χ1n) is 6.60. The maximum absolute atomic E-state index is 13.4. The van der Waals surface area contributed by atoms with Crippen molar-refractivity contribution < 1.29 is 4.39 Å². The van der Waals surface area contributed by atoms with Gasteiger partial charge < -0.3 is 5.73 Å². The smallest absolute Gasteiger partial charge is 0.137 e. The van der Waals surface area contributed by atoms with Gasteiger partial charge in [-0.3, -0.25) is 0 Å². The monoisotopic (exact) mass is 335 g/mol. The maximum atomic E-state index is 13.4. The van der Waals surface area contributed by atoms with E-state index >= 15 is 0 Å². The van der Waals surface area contributed by atoms with Crippen molar-refractivity contribution in [2.75, 3.05) is 0 Å². The molecule has 0 aromatic heterocycles. The second-order valence-electron chi connectivity index (χ2n) is 5.33. The van der Waals surface area contributed by atoms with E-state index in [1.54, 1.807) is 12.1 Å². The minimum atomic E-state index is -0.269. The molecule has 0 amide bonds. The molecule has 0 spiro atoms. The highest BCUT2D eigenvalue weighted by Crippen LogP contribution is 2.31. The average molecular weight is 336 g/mol. The Kier molecular flexibility index (Phi) is 4.31. The van der Waals surface area contributed by atoms with Crippen molar-refractivity contribution in [1.29, 1.82) is 0 Å². The van der Waals surface area contributed by atoms with Crippen molar-refractivity contribution in [2.24, 2.45) is 5.73 Å². The summed E-state index contributed by atoms with van der Waals surface area (Å²) in [4.78, 5) is 0. The maximum Gasteiger partial charge on any atom is 0.137 e. The quantitative estimate of drug-likeness (QED) is 0.832. The summed E-state index contributed by atoms with van der Waals surface area (Å²) >= 11 is 3.22. The van der Waals surface area contributed by atoms with E-state index in [0.717, 1.165) is 11.1 Å². The molecule has 3 heteroatoms. The zero-order valence-corrected chi connectivity index (χ0v) is 13.8. The lowest BCUT2D eigenvalue weighted by Gasteiger charge is -2.21. The number of aryl methyl sites for hydroxylation is 2. The molecule has 0 bridgehead atoms. The fourth-order valence-corrected chi connectivity index (χ4v) is 2.98. The third-order valence-corrected chi connectivity index (χ3v) is 4.65. The minimum absolute atomic E-state index is 0.245. The van der Waals surface area contributed by atoms with Crippen LogP contribution in [0.4, 0.5) is 4.39 Å². The number of nitrogens with two attached hydrogens (primary N) is 1. The Hall–Kier alpha value is -1.19. The number of rotatable bonds is 2. The highest BCUT2D eigenvalue weighted by atomic mass is 79.9. The van der Waals surface area contributed by atoms with Crippen LogP contribution in [0.25, 0.3) is 0 Å². The summed E-state index contributed by atoms with van der Waals surface area (Å²) in [5.41, 5.74) is 13.4. The molecule has 2 rings (SSSR count). The van der Waals surface area contributed by atoms with Crippen molar-refractivity contribution in [3.05, 3.63) is 67.9 Å². The van der Waals surface area contributed by atoms with E-state index in [-0.39, 0.29) is 11.9 Å². The highest BCUT2D eigenvalue weighted by Gasteiger charge is 2.17. The van der Waals surface area contributed by atoms with Crippen molar-refractivity contribution >= 4 is 15.9 Å². The number of benzene rings is 2. The van der Waals surface area contributed by atoms with Gasteiger partial charge in [-0.15, -0.1) is 0 Å². The van der Waals surface area contributed by atoms with Gasteiger partial charge in [0, 0.05) is 0 Å². The first-order chi connectivity index (χ1) is 9.32. The fraction of sp³-hybridized carbons (Fsp3) is 0.294. The van der Waals surface area contributed by atoms with Crippen LogP contribution < -0.4 is 5.73 Å². The van der Waals surface area contributed by atoms with Gasteiger partial charge in [-0.2, -0.15) is 0 Å². The van der Waals surface area contributed by atoms with Crippen LogP contribution in [-0.2, 0) is 0 Å². The lowest BCUT2D eigenvalue weighted by atomic mass is 9.87. The Morgan fingerprint density at radius 2 is 1.55 bits per heavy atom. The highest BCUT2D eigenvalue weighted by molar-refractivity contribution is 9.10. The molecule has 0 aliphatic rings.